The molecule has 0 radical (unpaired) electrons. The molecular formula is C9H15NO4. The first-order valence-electron chi connectivity index (χ1n) is 4.75. The van der Waals surface area contributed by atoms with Crippen molar-refractivity contribution in [2.75, 3.05) is 0 Å². The molecule has 5 nitrogen and oxygen atoms in total. The molecule has 2 rings (SSSR count). The summed E-state index contributed by atoms with van der Waals surface area (Å²) in [7, 11) is 0. The molecule has 2 heterocycles. The van der Waals surface area contributed by atoms with E-state index in [1.165, 1.54) is 0 Å². The first-order valence-corrected chi connectivity index (χ1v) is 4.75. The minimum Gasteiger partial charge on any atom is -0.388 e. The molecule has 2 saturated heterocycles. The molecule has 0 aromatic heterocycles. The van der Waals surface area contributed by atoms with Gasteiger partial charge in [-0.1, -0.05) is 0 Å². The number of aliphatic hydroxyl groups excluding tert-OH is 1. The highest BCUT2D eigenvalue weighted by Crippen LogP contribution is 2.32. The van der Waals surface area contributed by atoms with Gasteiger partial charge in [0.05, 0.1) is 6.04 Å². The van der Waals surface area contributed by atoms with Gasteiger partial charge >= 0.3 is 0 Å². The van der Waals surface area contributed by atoms with Crippen molar-refractivity contribution in [1.82, 2.24) is 5.32 Å². The SMILES string of the molecule is C[C@H]1NC(=O)[C@H]2OC(C)(C)O[C@H]2[C@@H]1O. The van der Waals surface area contributed by atoms with Crippen molar-refractivity contribution in [3.8, 4) is 0 Å². The lowest BCUT2D eigenvalue weighted by molar-refractivity contribution is -0.156. The normalized spacial score (nSPS) is 45.9. The zero-order chi connectivity index (χ0) is 10.5. The standard InChI is InChI=1S/C9H15NO4/c1-4-5(11)6-7(8(12)10-4)14-9(2,3)13-6/h4-7,11H,1-3H3,(H,10,12)/t4-,5-,6+,7+/m1/s1. The Bertz CT molecular complexity index is 266. The van der Waals surface area contributed by atoms with Crippen LogP contribution >= 0.6 is 0 Å². The fourth-order valence-corrected chi connectivity index (χ4v) is 1.92. The Morgan fingerprint density at radius 1 is 1.43 bits per heavy atom. The number of piperidine rings is 1. The van der Waals surface area contributed by atoms with E-state index in [4.69, 9.17) is 9.47 Å². The van der Waals surface area contributed by atoms with Crippen molar-refractivity contribution in [2.45, 2.75) is 50.9 Å². The van der Waals surface area contributed by atoms with Gasteiger partial charge in [-0.05, 0) is 20.8 Å². The van der Waals surface area contributed by atoms with Gasteiger partial charge in [0, 0.05) is 0 Å². The van der Waals surface area contributed by atoms with Gasteiger partial charge in [-0.15, -0.1) is 0 Å². The number of aliphatic hydroxyl groups is 1. The predicted molar refractivity (Wildman–Crippen MR) is 47.4 cm³/mol. The van der Waals surface area contributed by atoms with Crippen LogP contribution in [0.25, 0.3) is 0 Å². The maximum Gasteiger partial charge on any atom is 0.252 e. The molecule has 2 aliphatic heterocycles. The molecule has 80 valence electrons. The summed E-state index contributed by atoms with van der Waals surface area (Å²) in [4.78, 5) is 11.5. The number of rotatable bonds is 0. The molecule has 14 heavy (non-hydrogen) atoms. The zero-order valence-corrected chi connectivity index (χ0v) is 8.48. The number of fused-ring (bicyclic) bond motifs is 1. The molecular weight excluding hydrogens is 186 g/mol. The summed E-state index contributed by atoms with van der Waals surface area (Å²) in [6.45, 7) is 5.21. The number of amides is 1. The van der Waals surface area contributed by atoms with E-state index < -0.39 is 24.1 Å². The highest BCUT2D eigenvalue weighted by atomic mass is 16.8. The number of carbonyl (C=O) groups is 1. The van der Waals surface area contributed by atoms with Gasteiger partial charge in [0.1, 0.15) is 12.2 Å². The number of carbonyl (C=O) groups excluding carboxylic acids is 1. The average molecular weight is 201 g/mol. The molecule has 0 aliphatic carbocycles. The van der Waals surface area contributed by atoms with Gasteiger partial charge < -0.3 is 19.9 Å². The molecule has 1 amide bonds. The molecule has 0 aromatic carbocycles. The highest BCUT2D eigenvalue weighted by Gasteiger charge is 2.52. The van der Waals surface area contributed by atoms with E-state index in [2.05, 4.69) is 5.32 Å². The lowest BCUT2D eigenvalue weighted by Gasteiger charge is -2.32. The van der Waals surface area contributed by atoms with E-state index in [0.29, 0.717) is 0 Å². The van der Waals surface area contributed by atoms with Gasteiger partial charge in [0.2, 0.25) is 0 Å². The minimum atomic E-state index is -0.794. The van der Waals surface area contributed by atoms with Crippen LogP contribution < -0.4 is 5.32 Å². The van der Waals surface area contributed by atoms with E-state index in [1.807, 2.05) is 0 Å². The van der Waals surface area contributed by atoms with Crippen LogP contribution in [0.15, 0.2) is 0 Å². The maximum atomic E-state index is 11.5. The second-order valence-electron chi connectivity index (χ2n) is 4.31. The van der Waals surface area contributed by atoms with Gasteiger partial charge in [-0.2, -0.15) is 0 Å². The fraction of sp³-hybridized carbons (Fsp3) is 0.889. The lowest BCUT2D eigenvalue weighted by Crippen LogP contribution is -2.60. The summed E-state index contributed by atoms with van der Waals surface area (Å²) in [5.74, 6) is -1.00. The van der Waals surface area contributed by atoms with Crippen LogP contribution in [-0.2, 0) is 14.3 Å². The summed E-state index contributed by atoms with van der Waals surface area (Å²) in [6.07, 6.45) is -1.94. The molecule has 0 saturated carbocycles. The van der Waals surface area contributed by atoms with Crippen LogP contribution in [0.1, 0.15) is 20.8 Å². The Hall–Kier alpha value is -0.650. The molecule has 0 aromatic rings. The molecule has 2 aliphatic rings. The summed E-state index contributed by atoms with van der Waals surface area (Å²) in [5.41, 5.74) is 0. The Morgan fingerprint density at radius 3 is 2.71 bits per heavy atom. The van der Waals surface area contributed by atoms with E-state index in [9.17, 15) is 9.90 Å². The molecule has 5 heteroatoms. The Morgan fingerprint density at radius 2 is 2.07 bits per heavy atom. The molecule has 2 fully saturated rings. The first kappa shape index (κ1) is 9.89. The Labute approximate surface area is 82.4 Å². The van der Waals surface area contributed by atoms with Gasteiger partial charge in [-0.3, -0.25) is 4.79 Å². The Kier molecular flexibility index (Phi) is 2.06. The minimum absolute atomic E-state index is 0.210. The van der Waals surface area contributed by atoms with E-state index in [-0.39, 0.29) is 11.9 Å². The number of hydrogen-bond donors (Lipinski definition) is 2. The summed E-state index contributed by atoms with van der Waals surface area (Å²) < 4.78 is 10.9. The summed E-state index contributed by atoms with van der Waals surface area (Å²) in [5, 5.41) is 12.4. The third kappa shape index (κ3) is 1.41. The molecule has 4 atom stereocenters. The molecule has 0 unspecified atom stereocenters. The van der Waals surface area contributed by atoms with Crippen LogP contribution in [0.3, 0.4) is 0 Å². The van der Waals surface area contributed by atoms with Crippen molar-refractivity contribution in [3.05, 3.63) is 0 Å². The molecule has 2 N–H and O–H groups in total. The number of hydrogen-bond acceptors (Lipinski definition) is 4. The van der Waals surface area contributed by atoms with Crippen LogP contribution in [0.4, 0.5) is 0 Å². The first-order chi connectivity index (χ1) is 6.41. The quantitative estimate of drug-likeness (QED) is 0.548. The van der Waals surface area contributed by atoms with E-state index >= 15 is 0 Å². The largest absolute Gasteiger partial charge is 0.388 e. The summed E-state index contributed by atoms with van der Waals surface area (Å²) in [6, 6.07) is -0.291. The number of nitrogens with one attached hydrogen (secondary N) is 1. The third-order valence-electron chi connectivity index (χ3n) is 2.61. The van der Waals surface area contributed by atoms with E-state index in [0.717, 1.165) is 0 Å². The van der Waals surface area contributed by atoms with E-state index in [1.54, 1.807) is 20.8 Å². The van der Waals surface area contributed by atoms with Crippen molar-refractivity contribution < 1.29 is 19.4 Å². The topological polar surface area (TPSA) is 67.8 Å². The maximum absolute atomic E-state index is 11.5. The van der Waals surface area contributed by atoms with Crippen LogP contribution in [0.5, 0.6) is 0 Å². The Balaban J connectivity index is 2.22. The summed E-state index contributed by atoms with van der Waals surface area (Å²) >= 11 is 0. The predicted octanol–water partition coefficient (Wildman–Crippen LogP) is -0.614. The second kappa shape index (κ2) is 2.92. The lowest BCUT2D eigenvalue weighted by atomic mass is 9.97. The monoisotopic (exact) mass is 201 g/mol. The van der Waals surface area contributed by atoms with Crippen molar-refractivity contribution in [2.24, 2.45) is 0 Å². The smallest absolute Gasteiger partial charge is 0.252 e. The van der Waals surface area contributed by atoms with Gasteiger partial charge in [0.25, 0.3) is 5.91 Å². The van der Waals surface area contributed by atoms with Crippen molar-refractivity contribution in [3.63, 3.8) is 0 Å². The zero-order valence-electron chi connectivity index (χ0n) is 8.48. The average Bonchev–Trinajstić information content (AvgIpc) is 2.38. The fourth-order valence-electron chi connectivity index (χ4n) is 1.92. The van der Waals surface area contributed by atoms with Crippen LogP contribution in [0.2, 0.25) is 0 Å². The van der Waals surface area contributed by atoms with Gasteiger partial charge in [0.15, 0.2) is 11.9 Å². The van der Waals surface area contributed by atoms with Gasteiger partial charge in [-0.25, -0.2) is 0 Å². The second-order valence-corrected chi connectivity index (χ2v) is 4.31. The number of ether oxygens (including phenoxy) is 2. The molecule has 0 bridgehead atoms. The van der Waals surface area contributed by atoms with Crippen molar-refractivity contribution >= 4 is 5.91 Å². The third-order valence-corrected chi connectivity index (χ3v) is 2.61. The molecule has 0 spiro atoms. The highest BCUT2D eigenvalue weighted by molar-refractivity contribution is 5.83. The van der Waals surface area contributed by atoms with Crippen molar-refractivity contribution in [1.29, 1.82) is 0 Å². The van der Waals surface area contributed by atoms with Crippen LogP contribution in [-0.4, -0.2) is 41.2 Å². The van der Waals surface area contributed by atoms with Crippen LogP contribution in [0, 0.1) is 0 Å².